The van der Waals surface area contributed by atoms with E-state index in [0.29, 0.717) is 13.0 Å². The molecular formula is C15H16N4O2. The maximum Gasteiger partial charge on any atom is 0.329 e. The smallest absolute Gasteiger partial charge is 0.321 e. The molecule has 4 aliphatic rings. The monoisotopic (exact) mass is 284 g/mol. The van der Waals surface area contributed by atoms with Crippen LogP contribution in [-0.4, -0.2) is 39.5 Å². The maximum atomic E-state index is 12.1. The summed E-state index contributed by atoms with van der Waals surface area (Å²) >= 11 is 0. The van der Waals surface area contributed by atoms with Gasteiger partial charge in [-0.25, -0.2) is 4.79 Å². The van der Waals surface area contributed by atoms with Crippen LogP contribution in [-0.2, 0) is 4.79 Å². The second-order valence-electron chi connectivity index (χ2n) is 6.13. The number of nitrogens with zero attached hydrogens (tertiary/aromatic N) is 3. The van der Waals surface area contributed by atoms with Crippen LogP contribution >= 0.6 is 0 Å². The van der Waals surface area contributed by atoms with Gasteiger partial charge in [0.15, 0.2) is 0 Å². The van der Waals surface area contributed by atoms with Crippen LogP contribution < -0.4 is 5.32 Å². The van der Waals surface area contributed by atoms with Crippen molar-refractivity contribution < 1.29 is 9.59 Å². The van der Waals surface area contributed by atoms with Gasteiger partial charge in [-0.3, -0.25) is 20.0 Å². The summed E-state index contributed by atoms with van der Waals surface area (Å²) in [6.07, 6.45) is 10.4. The molecule has 0 aromatic rings. The van der Waals surface area contributed by atoms with E-state index in [1.54, 1.807) is 11.1 Å². The lowest BCUT2D eigenvalue weighted by atomic mass is 9.75. The van der Waals surface area contributed by atoms with Crippen molar-refractivity contribution in [3.63, 3.8) is 0 Å². The van der Waals surface area contributed by atoms with E-state index in [4.69, 9.17) is 0 Å². The number of nitrogens with one attached hydrogen (secondary N) is 1. The number of amides is 3. The summed E-state index contributed by atoms with van der Waals surface area (Å²) < 4.78 is 0. The third-order valence-electron chi connectivity index (χ3n) is 5.08. The van der Waals surface area contributed by atoms with Crippen molar-refractivity contribution in [1.29, 1.82) is 0 Å². The van der Waals surface area contributed by atoms with Gasteiger partial charge in [-0.2, -0.15) is 0 Å². The van der Waals surface area contributed by atoms with E-state index >= 15 is 0 Å². The lowest BCUT2D eigenvalue weighted by Gasteiger charge is -2.47. The largest absolute Gasteiger partial charge is 0.329 e. The zero-order valence-corrected chi connectivity index (χ0v) is 12.0. The Bertz CT molecular complexity index is 690. The molecule has 1 saturated heterocycles. The summed E-state index contributed by atoms with van der Waals surface area (Å²) in [5, 5.41) is 2.36. The lowest BCUT2D eigenvalue weighted by Crippen LogP contribution is -2.58. The average Bonchev–Trinajstić information content (AvgIpc) is 2.85. The van der Waals surface area contributed by atoms with Crippen molar-refractivity contribution >= 4 is 17.6 Å². The number of rotatable bonds is 1. The van der Waals surface area contributed by atoms with E-state index in [1.807, 2.05) is 12.3 Å². The van der Waals surface area contributed by atoms with Crippen molar-refractivity contribution in [2.45, 2.75) is 25.8 Å². The molecule has 0 bridgehead atoms. The number of carbonyl (C=O) groups excluding carboxylic acids is 2. The van der Waals surface area contributed by atoms with Crippen LogP contribution in [0.4, 0.5) is 4.79 Å². The lowest BCUT2D eigenvalue weighted by molar-refractivity contribution is -0.121. The van der Waals surface area contributed by atoms with E-state index in [-0.39, 0.29) is 22.9 Å². The highest BCUT2D eigenvalue weighted by atomic mass is 16.2. The Hall–Kier alpha value is -2.37. The van der Waals surface area contributed by atoms with Crippen LogP contribution in [0.5, 0.6) is 0 Å². The maximum absolute atomic E-state index is 12.1. The molecule has 6 nitrogen and oxygen atoms in total. The minimum Gasteiger partial charge on any atom is -0.321 e. The zero-order chi connectivity index (χ0) is 14.8. The van der Waals surface area contributed by atoms with Crippen LogP contribution in [0.1, 0.15) is 20.3 Å². The van der Waals surface area contributed by atoms with E-state index in [9.17, 15) is 9.59 Å². The van der Waals surface area contributed by atoms with Gasteiger partial charge in [0.05, 0.1) is 17.5 Å². The van der Waals surface area contributed by atoms with Crippen molar-refractivity contribution in [2.75, 3.05) is 6.54 Å². The first kappa shape index (κ1) is 12.4. The number of hydrogen-bond acceptors (Lipinski definition) is 4. The molecule has 1 N–H and O–H groups in total. The summed E-state index contributed by atoms with van der Waals surface area (Å²) in [6.45, 7) is 4.67. The van der Waals surface area contributed by atoms with Gasteiger partial charge in [0.2, 0.25) is 5.91 Å². The van der Waals surface area contributed by atoms with Crippen LogP contribution in [0.25, 0.3) is 0 Å². The molecule has 21 heavy (non-hydrogen) atoms. The van der Waals surface area contributed by atoms with Crippen LogP contribution in [0.2, 0.25) is 0 Å². The molecule has 1 aliphatic carbocycles. The number of hydrogen-bond donors (Lipinski definition) is 1. The molecular weight excluding hydrogens is 268 g/mol. The average molecular weight is 284 g/mol. The molecule has 2 unspecified atom stereocenters. The molecule has 3 amide bonds. The summed E-state index contributed by atoms with van der Waals surface area (Å²) in [7, 11) is 0. The van der Waals surface area contributed by atoms with Gasteiger partial charge >= 0.3 is 6.03 Å². The first-order chi connectivity index (χ1) is 9.96. The topological polar surface area (TPSA) is 65.0 Å². The van der Waals surface area contributed by atoms with Crippen molar-refractivity contribution in [2.24, 2.45) is 10.4 Å². The molecule has 3 aliphatic heterocycles. The van der Waals surface area contributed by atoms with Gasteiger partial charge in [0.1, 0.15) is 5.82 Å². The molecule has 0 aromatic heterocycles. The molecule has 0 saturated carbocycles. The van der Waals surface area contributed by atoms with Gasteiger partial charge in [-0.1, -0.05) is 12.2 Å². The fourth-order valence-electron chi connectivity index (χ4n) is 3.48. The Morgan fingerprint density at radius 2 is 2.10 bits per heavy atom. The summed E-state index contributed by atoms with van der Waals surface area (Å²) in [6, 6.07) is -0.382. The number of urea groups is 1. The number of imide groups is 1. The Morgan fingerprint density at radius 1 is 1.29 bits per heavy atom. The Morgan fingerprint density at radius 3 is 2.86 bits per heavy atom. The molecule has 1 fully saturated rings. The zero-order valence-electron chi connectivity index (χ0n) is 12.0. The third kappa shape index (κ3) is 1.34. The number of carbonyl (C=O) groups is 2. The van der Waals surface area contributed by atoms with Gasteiger partial charge in [0.25, 0.3) is 0 Å². The van der Waals surface area contributed by atoms with E-state index in [1.165, 1.54) is 0 Å². The molecule has 3 heterocycles. The highest BCUT2D eigenvalue weighted by Crippen LogP contribution is 2.52. The second kappa shape index (κ2) is 3.63. The van der Waals surface area contributed by atoms with Crippen LogP contribution in [0.15, 0.2) is 41.4 Å². The molecule has 0 spiro atoms. The highest BCUT2D eigenvalue weighted by Gasteiger charge is 2.57. The summed E-state index contributed by atoms with van der Waals surface area (Å²) in [4.78, 5) is 31.6. The quantitative estimate of drug-likeness (QED) is 0.790. The Balaban J connectivity index is 1.76. The predicted octanol–water partition coefficient (Wildman–Crippen LogP) is 1.35. The molecule has 6 heteroatoms. The molecule has 2 atom stereocenters. The van der Waals surface area contributed by atoms with Crippen LogP contribution in [0, 0.1) is 5.41 Å². The fraction of sp³-hybridized carbons (Fsp3) is 0.400. The highest BCUT2D eigenvalue weighted by molar-refractivity contribution is 6.08. The minimum atomic E-state index is -0.382. The number of aliphatic imine (C=N–C) groups is 1. The van der Waals surface area contributed by atoms with E-state index < -0.39 is 0 Å². The van der Waals surface area contributed by atoms with E-state index in [0.717, 1.165) is 11.5 Å². The SMILES string of the molecule is CC12C=CC3=NC=C(N4CCC(=O)NC4=O)N(C=C1)C32C. The molecule has 4 rings (SSSR count). The van der Waals surface area contributed by atoms with Crippen molar-refractivity contribution in [3.05, 3.63) is 36.4 Å². The van der Waals surface area contributed by atoms with Crippen molar-refractivity contribution in [1.82, 2.24) is 15.1 Å². The van der Waals surface area contributed by atoms with E-state index in [2.05, 4.69) is 41.2 Å². The summed E-state index contributed by atoms with van der Waals surface area (Å²) in [5.41, 5.74) is 0.555. The van der Waals surface area contributed by atoms with Gasteiger partial charge in [0, 0.05) is 24.6 Å². The first-order valence-electron chi connectivity index (χ1n) is 7.03. The molecule has 108 valence electrons. The normalized spacial score (nSPS) is 36.7. The van der Waals surface area contributed by atoms with Gasteiger partial charge in [-0.15, -0.1) is 0 Å². The third-order valence-corrected chi connectivity index (χ3v) is 5.08. The minimum absolute atomic E-state index is 0.132. The fourth-order valence-corrected chi connectivity index (χ4v) is 3.48. The molecule has 0 aromatic carbocycles. The Labute approximate surface area is 122 Å². The molecule has 0 radical (unpaired) electrons. The second-order valence-corrected chi connectivity index (χ2v) is 6.13. The summed E-state index contributed by atoms with van der Waals surface area (Å²) in [5.74, 6) is 0.488. The van der Waals surface area contributed by atoms with Crippen molar-refractivity contribution in [3.8, 4) is 0 Å². The standard InChI is InChI=1S/C15H16N4O2/c1-14-5-3-10-15(14,2)19(8-6-14)12(9-16-10)18-7-4-11(20)17-13(18)21/h3,5-6,8-9H,4,7H2,1-2H3,(H,17,20,21). The first-order valence-corrected chi connectivity index (χ1v) is 7.03. The van der Waals surface area contributed by atoms with Gasteiger partial charge < -0.3 is 4.90 Å². The Kier molecular flexibility index (Phi) is 2.14. The van der Waals surface area contributed by atoms with Gasteiger partial charge in [-0.05, 0) is 19.9 Å². The predicted molar refractivity (Wildman–Crippen MR) is 77.0 cm³/mol. The van der Waals surface area contributed by atoms with Crippen LogP contribution in [0.3, 0.4) is 0 Å².